The van der Waals surface area contributed by atoms with E-state index in [1.54, 1.807) is 56.3 Å². The zero-order valence-electron chi connectivity index (χ0n) is 14.7. The predicted molar refractivity (Wildman–Crippen MR) is 108 cm³/mol. The van der Waals surface area contributed by atoms with E-state index < -0.39 is 5.91 Å². The van der Waals surface area contributed by atoms with Crippen molar-refractivity contribution < 1.29 is 4.79 Å². The lowest BCUT2D eigenvalue weighted by Gasteiger charge is -2.09. The molecule has 0 aliphatic heterocycles. The van der Waals surface area contributed by atoms with Crippen molar-refractivity contribution in [3.05, 3.63) is 74.1 Å². The number of carbonyl (C=O) groups excluding carboxylic acids is 1. The summed E-state index contributed by atoms with van der Waals surface area (Å²) in [6, 6.07) is 11.9. The fraction of sp³-hybridized carbons (Fsp3) is 0.158. The number of rotatable bonds is 4. The van der Waals surface area contributed by atoms with E-state index in [0.717, 1.165) is 0 Å². The molecule has 0 saturated carbocycles. The second-order valence-electron chi connectivity index (χ2n) is 5.78. The first-order valence-electron chi connectivity index (χ1n) is 8.22. The first-order valence-corrected chi connectivity index (χ1v) is 8.98. The van der Waals surface area contributed by atoms with Crippen LogP contribution in [0.3, 0.4) is 0 Å². The van der Waals surface area contributed by atoms with Gasteiger partial charge >= 0.3 is 0 Å². The molecule has 0 radical (unpaired) electrons. The highest BCUT2D eigenvalue weighted by atomic mass is 35.5. The lowest BCUT2D eigenvalue weighted by Crippen LogP contribution is -2.28. The Morgan fingerprint density at radius 2 is 1.89 bits per heavy atom. The smallest absolute Gasteiger partial charge is 0.267 e. The molecule has 3 rings (SSSR count). The van der Waals surface area contributed by atoms with Crippen LogP contribution >= 0.6 is 23.2 Å². The van der Waals surface area contributed by atoms with Crippen molar-refractivity contribution in [2.45, 2.75) is 20.4 Å². The Hall–Kier alpha value is -2.70. The van der Waals surface area contributed by atoms with Gasteiger partial charge in [0.1, 0.15) is 0 Å². The molecule has 0 bridgehead atoms. The molecule has 6 nitrogen and oxygen atoms in total. The molecule has 0 spiro atoms. The number of benzene rings is 2. The van der Waals surface area contributed by atoms with Crippen molar-refractivity contribution in [3.63, 3.8) is 0 Å². The van der Waals surface area contributed by atoms with Gasteiger partial charge in [-0.2, -0.15) is 10.2 Å². The van der Waals surface area contributed by atoms with E-state index in [2.05, 4.69) is 15.6 Å². The molecule has 1 heterocycles. The molecule has 1 N–H and O–H groups in total. The van der Waals surface area contributed by atoms with Crippen molar-refractivity contribution in [3.8, 4) is 0 Å². The summed E-state index contributed by atoms with van der Waals surface area (Å²) in [6.45, 7) is 3.86. The van der Waals surface area contributed by atoms with Crippen LogP contribution in [0.25, 0.3) is 10.8 Å². The molecule has 27 heavy (non-hydrogen) atoms. The van der Waals surface area contributed by atoms with Crippen molar-refractivity contribution >= 4 is 45.6 Å². The van der Waals surface area contributed by atoms with Crippen LogP contribution in [0.1, 0.15) is 29.9 Å². The Bertz CT molecular complexity index is 1120. The molecule has 0 aliphatic rings. The van der Waals surface area contributed by atoms with E-state index in [-0.39, 0.29) is 11.3 Å². The first kappa shape index (κ1) is 19.1. The third kappa shape index (κ3) is 3.86. The van der Waals surface area contributed by atoms with Crippen molar-refractivity contribution in [1.82, 2.24) is 15.2 Å². The van der Waals surface area contributed by atoms with Crippen LogP contribution in [0.5, 0.6) is 0 Å². The number of aryl methyl sites for hydroxylation is 1. The summed E-state index contributed by atoms with van der Waals surface area (Å²) in [4.78, 5) is 25.0. The fourth-order valence-corrected chi connectivity index (χ4v) is 3.19. The van der Waals surface area contributed by atoms with Gasteiger partial charge < -0.3 is 0 Å². The average Bonchev–Trinajstić information content (AvgIpc) is 2.66. The fourth-order valence-electron chi connectivity index (χ4n) is 2.65. The van der Waals surface area contributed by atoms with Crippen molar-refractivity contribution in [2.75, 3.05) is 0 Å². The summed E-state index contributed by atoms with van der Waals surface area (Å²) in [7, 11) is 0. The van der Waals surface area contributed by atoms with E-state index in [4.69, 9.17) is 23.2 Å². The Morgan fingerprint density at radius 1 is 1.19 bits per heavy atom. The number of fused-ring (bicyclic) bond motifs is 1. The zero-order valence-corrected chi connectivity index (χ0v) is 16.2. The van der Waals surface area contributed by atoms with Gasteiger partial charge in [0.25, 0.3) is 11.5 Å². The van der Waals surface area contributed by atoms with Gasteiger partial charge in [0.2, 0.25) is 0 Å². The maximum atomic E-state index is 12.7. The molecule has 0 aliphatic carbocycles. The minimum absolute atomic E-state index is 0.130. The molecular weight excluding hydrogens is 387 g/mol. The van der Waals surface area contributed by atoms with Crippen molar-refractivity contribution in [2.24, 2.45) is 5.10 Å². The third-order valence-electron chi connectivity index (χ3n) is 4.03. The van der Waals surface area contributed by atoms with Gasteiger partial charge in [0.15, 0.2) is 5.69 Å². The van der Waals surface area contributed by atoms with Gasteiger partial charge in [0, 0.05) is 22.5 Å². The van der Waals surface area contributed by atoms with Crippen LogP contribution in [0, 0.1) is 0 Å². The third-order valence-corrected chi connectivity index (χ3v) is 4.58. The van der Waals surface area contributed by atoms with Gasteiger partial charge in [-0.3, -0.25) is 9.59 Å². The second kappa shape index (κ2) is 7.90. The minimum Gasteiger partial charge on any atom is -0.267 e. The molecule has 138 valence electrons. The Morgan fingerprint density at radius 3 is 2.56 bits per heavy atom. The Balaban J connectivity index is 1.97. The van der Waals surface area contributed by atoms with Crippen LogP contribution in [-0.2, 0) is 6.54 Å². The second-order valence-corrected chi connectivity index (χ2v) is 6.62. The highest BCUT2D eigenvalue weighted by molar-refractivity contribution is 6.37. The molecular formula is C19H16Cl2N4O2. The minimum atomic E-state index is -0.516. The number of nitrogens with zero attached hydrogens (tertiary/aromatic N) is 3. The number of hydrogen-bond donors (Lipinski definition) is 1. The number of aromatic nitrogens is 2. The van der Waals surface area contributed by atoms with Gasteiger partial charge in [-0.1, -0.05) is 47.5 Å². The SMILES string of the molecule is CCn1nc(C(=O)N/N=C(\C)c2ccc(Cl)cc2Cl)c2ccccc2c1=O. The highest BCUT2D eigenvalue weighted by Gasteiger charge is 2.16. The molecule has 2 aromatic carbocycles. The van der Waals surface area contributed by atoms with E-state index in [0.29, 0.717) is 38.6 Å². The topological polar surface area (TPSA) is 76.3 Å². The lowest BCUT2D eigenvalue weighted by atomic mass is 10.1. The molecule has 1 amide bonds. The summed E-state index contributed by atoms with van der Waals surface area (Å²) in [6.07, 6.45) is 0. The summed E-state index contributed by atoms with van der Waals surface area (Å²) in [5.74, 6) is -0.516. The molecule has 0 unspecified atom stereocenters. The molecule has 3 aromatic rings. The molecule has 1 aromatic heterocycles. The Labute approximate surface area is 165 Å². The molecule has 0 atom stereocenters. The number of hydrazone groups is 1. The van der Waals surface area contributed by atoms with Crippen LogP contribution in [0.2, 0.25) is 10.0 Å². The quantitative estimate of drug-likeness (QED) is 0.531. The average molecular weight is 403 g/mol. The van der Waals surface area contributed by atoms with Crippen LogP contribution in [-0.4, -0.2) is 21.4 Å². The van der Waals surface area contributed by atoms with Crippen molar-refractivity contribution in [1.29, 1.82) is 0 Å². The number of carbonyl (C=O) groups is 1. The van der Waals surface area contributed by atoms with Crippen LogP contribution < -0.4 is 11.0 Å². The van der Waals surface area contributed by atoms with E-state index in [9.17, 15) is 9.59 Å². The van der Waals surface area contributed by atoms with Gasteiger partial charge in [-0.15, -0.1) is 0 Å². The molecule has 8 heteroatoms. The largest absolute Gasteiger partial charge is 0.292 e. The number of amides is 1. The first-order chi connectivity index (χ1) is 12.9. The summed E-state index contributed by atoms with van der Waals surface area (Å²) in [5.41, 5.74) is 3.54. The standard InChI is InChI=1S/C19H16Cl2N4O2/c1-3-25-19(27)15-7-5-4-6-14(15)17(24-25)18(26)23-22-11(2)13-9-8-12(20)10-16(13)21/h4-10H,3H2,1-2H3,(H,23,26)/b22-11+. The number of halogens is 2. The van der Waals surface area contributed by atoms with E-state index >= 15 is 0 Å². The van der Waals surface area contributed by atoms with E-state index in [1.807, 2.05) is 0 Å². The van der Waals surface area contributed by atoms with Crippen LogP contribution in [0.15, 0.2) is 52.4 Å². The highest BCUT2D eigenvalue weighted by Crippen LogP contribution is 2.21. The zero-order chi connectivity index (χ0) is 19.6. The van der Waals surface area contributed by atoms with Gasteiger partial charge in [-0.05, 0) is 32.0 Å². The lowest BCUT2D eigenvalue weighted by molar-refractivity contribution is 0.0949. The number of hydrogen-bond acceptors (Lipinski definition) is 4. The summed E-state index contributed by atoms with van der Waals surface area (Å²) in [5, 5.41) is 10.1. The summed E-state index contributed by atoms with van der Waals surface area (Å²) >= 11 is 12.1. The van der Waals surface area contributed by atoms with Gasteiger partial charge in [0.05, 0.1) is 16.1 Å². The van der Waals surface area contributed by atoms with Crippen LogP contribution in [0.4, 0.5) is 0 Å². The maximum absolute atomic E-state index is 12.7. The number of nitrogens with one attached hydrogen (secondary N) is 1. The normalized spacial score (nSPS) is 11.6. The Kier molecular flexibility index (Phi) is 5.58. The van der Waals surface area contributed by atoms with E-state index in [1.165, 1.54) is 4.68 Å². The van der Waals surface area contributed by atoms with Gasteiger partial charge in [-0.25, -0.2) is 10.1 Å². The summed E-state index contributed by atoms with van der Waals surface area (Å²) < 4.78 is 1.25. The maximum Gasteiger partial charge on any atom is 0.292 e. The molecule has 0 saturated heterocycles. The predicted octanol–water partition coefficient (Wildman–Crippen LogP) is 3.88. The monoisotopic (exact) mass is 402 g/mol. The molecule has 0 fully saturated rings.